The van der Waals surface area contributed by atoms with Gasteiger partial charge in [0.15, 0.2) is 34.9 Å². The van der Waals surface area contributed by atoms with E-state index < -0.39 is 112 Å². The molecule has 0 amide bonds. The minimum absolute atomic E-state index is 0.0276. The van der Waals surface area contributed by atoms with Gasteiger partial charge in [-0.1, -0.05) is 0 Å². The molecule has 0 aliphatic carbocycles. The summed E-state index contributed by atoms with van der Waals surface area (Å²) < 4.78 is 157. The first kappa shape index (κ1) is 32.4. The second-order valence-corrected chi connectivity index (χ2v) is 7.70. The van der Waals surface area contributed by atoms with E-state index in [2.05, 4.69) is 14.2 Å². The van der Waals surface area contributed by atoms with Crippen LogP contribution in [0.5, 0.6) is 17.2 Å². The van der Waals surface area contributed by atoms with Gasteiger partial charge in [0.05, 0.1) is 21.3 Å². The molecule has 0 heterocycles. The lowest BCUT2D eigenvalue weighted by Crippen LogP contribution is -2.38. The molecule has 0 atom stereocenters. The molecule has 3 aromatic rings. The second kappa shape index (κ2) is 12.8. The molecule has 19 heteroatoms. The minimum Gasteiger partial charge on any atom is -0.487 e. The third-order valence-corrected chi connectivity index (χ3v) is 5.21. The summed E-state index contributed by atoms with van der Waals surface area (Å²) in [7, 11) is -0.945. The quantitative estimate of drug-likeness (QED) is 0.109. The average Bonchev–Trinajstić information content (AvgIpc) is 2.96. The third-order valence-electron chi connectivity index (χ3n) is 5.21. The maximum absolute atomic E-state index is 14.7. The molecule has 0 unspecified atom stereocenters. The molecule has 228 valence electrons. The Morgan fingerprint density at radius 2 is 0.698 bits per heavy atom. The highest BCUT2D eigenvalue weighted by Crippen LogP contribution is 2.32. The third kappa shape index (κ3) is 6.24. The Balaban J connectivity index is 2.16. The minimum atomic E-state index is -3.02. The Bertz CT molecular complexity index is 1450. The molecule has 43 heavy (non-hydrogen) atoms. The highest BCUT2D eigenvalue weighted by molar-refractivity contribution is 6.39. The number of ether oxygens (including phenoxy) is 3. The summed E-state index contributed by atoms with van der Waals surface area (Å²) in [6.45, 7) is 0. The van der Waals surface area contributed by atoms with Gasteiger partial charge in [-0.25, -0.2) is 40.7 Å². The zero-order valence-corrected chi connectivity index (χ0v) is 21.4. The van der Waals surface area contributed by atoms with Crippen molar-refractivity contribution in [2.45, 2.75) is 0 Å². The number of rotatable bonds is 9. The molecule has 0 saturated heterocycles. The van der Waals surface area contributed by atoms with E-state index in [4.69, 9.17) is 14.0 Å². The summed E-state index contributed by atoms with van der Waals surface area (Å²) in [6, 6.07) is -0.0829. The number of halogens is 9. The lowest BCUT2D eigenvalue weighted by molar-refractivity contribution is 0.0578. The fourth-order valence-electron chi connectivity index (χ4n) is 3.23. The molecule has 3 aromatic carbocycles. The number of carbonyl (C=O) groups is 3. The normalized spacial score (nSPS) is 10.6. The van der Waals surface area contributed by atoms with Crippen LogP contribution in [0.15, 0.2) is 18.2 Å². The summed E-state index contributed by atoms with van der Waals surface area (Å²) >= 11 is 0. The van der Waals surface area contributed by atoms with Gasteiger partial charge in [0.25, 0.3) is 0 Å². The van der Waals surface area contributed by atoms with E-state index in [1.165, 1.54) is 0 Å². The first-order valence-electron chi connectivity index (χ1n) is 11.0. The Morgan fingerprint density at radius 1 is 0.465 bits per heavy atom. The van der Waals surface area contributed by atoms with Gasteiger partial charge in [-0.2, -0.15) is 13.2 Å². The molecule has 0 N–H and O–H groups in total. The van der Waals surface area contributed by atoms with Crippen LogP contribution in [0.1, 0.15) is 31.1 Å². The number of benzene rings is 3. The van der Waals surface area contributed by atoms with Gasteiger partial charge in [-0.3, -0.25) is 0 Å². The zero-order chi connectivity index (χ0) is 32.3. The first-order valence-corrected chi connectivity index (χ1v) is 11.0. The summed E-state index contributed by atoms with van der Waals surface area (Å²) in [5.74, 6) is -28.6. The smallest absolute Gasteiger partial charge is 0.487 e. The van der Waals surface area contributed by atoms with Gasteiger partial charge in [-0.05, 0) is 0 Å². The van der Waals surface area contributed by atoms with E-state index >= 15 is 0 Å². The SMILES string of the molecule is COC(=O)c1c(F)cc(OB(Oc2cc(F)c(C(=O)OC)c(F)c2F)Oc2cc(F)c(C(=O)OC)c(F)c2F)c(F)c1F. The number of hydrogen-bond acceptors (Lipinski definition) is 9. The Hall–Kier alpha value is -5.10. The van der Waals surface area contributed by atoms with Crippen LogP contribution in [0, 0.1) is 52.4 Å². The fraction of sp³-hybridized carbons (Fsp3) is 0.125. The van der Waals surface area contributed by atoms with Gasteiger partial charge < -0.3 is 28.2 Å². The Labute approximate surface area is 233 Å². The largest absolute Gasteiger partial charge is 0.864 e. The van der Waals surface area contributed by atoms with Crippen molar-refractivity contribution in [3.05, 3.63) is 87.2 Å². The second-order valence-electron chi connectivity index (χ2n) is 7.70. The van der Waals surface area contributed by atoms with Crippen LogP contribution in [0.4, 0.5) is 39.5 Å². The van der Waals surface area contributed by atoms with Crippen molar-refractivity contribution in [2.75, 3.05) is 21.3 Å². The number of hydrogen-bond donors (Lipinski definition) is 0. The molecule has 3 rings (SSSR count). The van der Waals surface area contributed by atoms with Gasteiger partial charge >= 0.3 is 25.2 Å². The molecule has 0 aromatic heterocycles. The first-order chi connectivity index (χ1) is 20.2. The molecule has 0 saturated carbocycles. The Kier molecular flexibility index (Phi) is 9.67. The van der Waals surface area contributed by atoms with E-state index in [1.54, 1.807) is 0 Å². The highest BCUT2D eigenvalue weighted by Gasteiger charge is 2.39. The molecule has 0 aliphatic heterocycles. The van der Waals surface area contributed by atoms with Crippen molar-refractivity contribution in [2.24, 2.45) is 0 Å². The molecular formula is C24H12BF9O9. The molecule has 0 aliphatic rings. The van der Waals surface area contributed by atoms with Crippen molar-refractivity contribution >= 4 is 25.2 Å². The standard InChI is InChI=1S/C24H12BF9O9/c1-38-22(35)13-7(26)4-10(16(29)19(13)32)41-25(42-11-5-8(27)14(23(36)39-2)20(33)17(11)30)43-12-6-9(28)15(24(37)40-3)21(34)18(12)31/h4-6H,1-3H3. The summed E-state index contributed by atoms with van der Waals surface area (Å²) in [5.41, 5.74) is -4.69. The van der Waals surface area contributed by atoms with Crippen molar-refractivity contribution in [3.63, 3.8) is 0 Å². The van der Waals surface area contributed by atoms with Gasteiger partial charge in [-0.15, -0.1) is 0 Å². The van der Waals surface area contributed by atoms with Crippen molar-refractivity contribution in [1.29, 1.82) is 0 Å². The van der Waals surface area contributed by atoms with Crippen LogP contribution in [0.25, 0.3) is 0 Å². The van der Waals surface area contributed by atoms with Crippen LogP contribution in [-0.2, 0) is 14.2 Å². The maximum Gasteiger partial charge on any atom is 0.864 e. The molecule has 0 bridgehead atoms. The van der Waals surface area contributed by atoms with E-state index in [9.17, 15) is 53.9 Å². The van der Waals surface area contributed by atoms with Gasteiger partial charge in [0.1, 0.15) is 51.4 Å². The molecule has 0 radical (unpaired) electrons. The topological polar surface area (TPSA) is 107 Å². The van der Waals surface area contributed by atoms with Crippen molar-refractivity contribution in [1.82, 2.24) is 0 Å². The van der Waals surface area contributed by atoms with Crippen LogP contribution in [0.2, 0.25) is 0 Å². The molecule has 0 spiro atoms. The van der Waals surface area contributed by atoms with Gasteiger partial charge in [0, 0.05) is 18.2 Å². The lowest BCUT2D eigenvalue weighted by atomic mass is 10.1. The van der Waals surface area contributed by atoms with Crippen LogP contribution in [-0.4, -0.2) is 46.6 Å². The number of carbonyl (C=O) groups excluding carboxylic acids is 3. The summed E-state index contributed by atoms with van der Waals surface area (Å²) in [5, 5.41) is 0. The average molecular weight is 626 g/mol. The van der Waals surface area contributed by atoms with Crippen molar-refractivity contribution in [3.8, 4) is 17.2 Å². The molecule has 9 nitrogen and oxygen atoms in total. The molecule has 0 fully saturated rings. The van der Waals surface area contributed by atoms with E-state index in [0.29, 0.717) is 21.3 Å². The summed E-state index contributed by atoms with van der Waals surface area (Å²) in [4.78, 5) is 34.7. The van der Waals surface area contributed by atoms with E-state index in [1.807, 2.05) is 0 Å². The highest BCUT2D eigenvalue weighted by atomic mass is 19.2. The van der Waals surface area contributed by atoms with Crippen LogP contribution >= 0.6 is 0 Å². The lowest BCUT2D eigenvalue weighted by Gasteiger charge is -2.19. The van der Waals surface area contributed by atoms with E-state index in [-0.39, 0.29) is 18.2 Å². The number of methoxy groups -OCH3 is 3. The molecular weight excluding hydrogens is 614 g/mol. The summed E-state index contributed by atoms with van der Waals surface area (Å²) in [6.07, 6.45) is 0. The maximum atomic E-state index is 14.7. The predicted octanol–water partition coefficient (Wildman–Crippen LogP) is 4.82. The van der Waals surface area contributed by atoms with Crippen LogP contribution < -0.4 is 14.0 Å². The van der Waals surface area contributed by atoms with Gasteiger partial charge in [0.2, 0.25) is 0 Å². The Morgan fingerprint density at radius 3 is 0.907 bits per heavy atom. The fourth-order valence-corrected chi connectivity index (χ4v) is 3.23. The van der Waals surface area contributed by atoms with Crippen molar-refractivity contribution < 1.29 is 82.1 Å². The number of esters is 3. The van der Waals surface area contributed by atoms with Crippen LogP contribution in [0.3, 0.4) is 0 Å². The zero-order valence-electron chi connectivity index (χ0n) is 21.4. The monoisotopic (exact) mass is 626 g/mol. The predicted molar refractivity (Wildman–Crippen MR) is 121 cm³/mol. The van der Waals surface area contributed by atoms with E-state index in [0.717, 1.165) is 0 Å².